The fourth-order valence-corrected chi connectivity index (χ4v) is 0.587. The molecule has 1 atom stereocenters. The summed E-state index contributed by atoms with van der Waals surface area (Å²) in [4.78, 5) is 10.9. The van der Waals surface area contributed by atoms with Crippen molar-refractivity contribution in [2.45, 2.75) is 32.9 Å². The minimum atomic E-state index is -0.155. The molecule has 0 saturated carbocycles. The van der Waals surface area contributed by atoms with Crippen molar-refractivity contribution >= 4 is 6.03 Å². The molecular weight excluding hydrogens is 142 g/mol. The first-order valence-electron chi connectivity index (χ1n) is 3.83. The van der Waals surface area contributed by atoms with E-state index in [9.17, 15) is 4.79 Å². The number of rotatable bonds is 3. The molecule has 0 aliphatic rings. The second-order valence-electron chi connectivity index (χ2n) is 2.91. The summed E-state index contributed by atoms with van der Waals surface area (Å²) in [5.74, 6) is 0. The third kappa shape index (κ3) is 5.66. The molecule has 0 bridgehead atoms. The average molecular weight is 159 g/mol. The van der Waals surface area contributed by atoms with Gasteiger partial charge in [-0.1, -0.05) is 0 Å². The van der Waals surface area contributed by atoms with Crippen LogP contribution in [0, 0.1) is 0 Å². The van der Waals surface area contributed by atoms with Gasteiger partial charge in [-0.05, 0) is 20.8 Å². The SMILES string of the molecule is CC(C)NC(=O)N[C@H](C)CN. The monoisotopic (exact) mass is 159 g/mol. The summed E-state index contributed by atoms with van der Waals surface area (Å²) in [6, 6.07) is 0.0478. The van der Waals surface area contributed by atoms with E-state index in [-0.39, 0.29) is 18.1 Å². The number of amides is 2. The molecule has 11 heavy (non-hydrogen) atoms. The van der Waals surface area contributed by atoms with Crippen LogP contribution in [0.4, 0.5) is 4.79 Å². The highest BCUT2D eigenvalue weighted by Crippen LogP contribution is 1.79. The highest BCUT2D eigenvalue weighted by atomic mass is 16.2. The minimum absolute atomic E-state index is 0.0359. The van der Waals surface area contributed by atoms with Crippen LogP contribution < -0.4 is 16.4 Å². The second-order valence-corrected chi connectivity index (χ2v) is 2.91. The smallest absolute Gasteiger partial charge is 0.315 e. The van der Waals surface area contributed by atoms with Crippen molar-refractivity contribution in [3.63, 3.8) is 0 Å². The van der Waals surface area contributed by atoms with Gasteiger partial charge in [0, 0.05) is 18.6 Å². The molecule has 0 unspecified atom stereocenters. The van der Waals surface area contributed by atoms with E-state index in [0.717, 1.165) is 0 Å². The zero-order chi connectivity index (χ0) is 8.85. The van der Waals surface area contributed by atoms with Gasteiger partial charge in [0.15, 0.2) is 0 Å². The van der Waals surface area contributed by atoms with Crippen molar-refractivity contribution in [2.75, 3.05) is 6.54 Å². The Hall–Kier alpha value is -0.770. The van der Waals surface area contributed by atoms with Crippen LogP contribution >= 0.6 is 0 Å². The van der Waals surface area contributed by atoms with E-state index in [2.05, 4.69) is 10.6 Å². The second kappa shape index (κ2) is 4.96. The number of carbonyl (C=O) groups is 1. The summed E-state index contributed by atoms with van der Waals surface area (Å²) in [5.41, 5.74) is 5.31. The Balaban J connectivity index is 3.52. The van der Waals surface area contributed by atoms with Crippen LogP contribution in [0.25, 0.3) is 0 Å². The summed E-state index contributed by atoms with van der Waals surface area (Å²) in [6.07, 6.45) is 0. The van der Waals surface area contributed by atoms with Crippen LogP contribution in [0.3, 0.4) is 0 Å². The van der Waals surface area contributed by atoms with E-state index < -0.39 is 0 Å². The van der Waals surface area contributed by atoms with Crippen molar-refractivity contribution in [2.24, 2.45) is 5.73 Å². The molecular formula is C7H17N3O. The van der Waals surface area contributed by atoms with Crippen LogP contribution in [0.5, 0.6) is 0 Å². The van der Waals surface area contributed by atoms with E-state index in [1.807, 2.05) is 20.8 Å². The third-order valence-corrected chi connectivity index (χ3v) is 1.15. The zero-order valence-electron chi connectivity index (χ0n) is 7.35. The van der Waals surface area contributed by atoms with E-state index in [0.29, 0.717) is 6.54 Å². The van der Waals surface area contributed by atoms with Crippen molar-refractivity contribution < 1.29 is 4.79 Å². The number of hydrogen-bond donors (Lipinski definition) is 3. The molecule has 4 nitrogen and oxygen atoms in total. The Morgan fingerprint density at radius 1 is 1.36 bits per heavy atom. The van der Waals surface area contributed by atoms with Crippen LogP contribution in [0.1, 0.15) is 20.8 Å². The lowest BCUT2D eigenvalue weighted by Gasteiger charge is -2.13. The molecule has 0 fully saturated rings. The van der Waals surface area contributed by atoms with Crippen LogP contribution in [-0.2, 0) is 0 Å². The number of nitrogens with one attached hydrogen (secondary N) is 2. The molecule has 2 amide bonds. The molecule has 0 aromatic carbocycles. The average Bonchev–Trinajstić information content (AvgIpc) is 1.85. The van der Waals surface area contributed by atoms with Gasteiger partial charge in [0.25, 0.3) is 0 Å². The molecule has 0 spiro atoms. The molecule has 0 aromatic rings. The van der Waals surface area contributed by atoms with Gasteiger partial charge in [0.1, 0.15) is 0 Å². The molecule has 0 rings (SSSR count). The van der Waals surface area contributed by atoms with Crippen LogP contribution in [-0.4, -0.2) is 24.7 Å². The molecule has 66 valence electrons. The minimum Gasteiger partial charge on any atom is -0.336 e. The summed E-state index contributed by atoms with van der Waals surface area (Å²) in [7, 11) is 0. The van der Waals surface area contributed by atoms with Crippen molar-refractivity contribution in [1.29, 1.82) is 0 Å². The molecule has 0 heterocycles. The van der Waals surface area contributed by atoms with E-state index in [1.165, 1.54) is 0 Å². The Bertz CT molecular complexity index is 125. The summed E-state index contributed by atoms with van der Waals surface area (Å²) < 4.78 is 0. The molecule has 0 radical (unpaired) electrons. The number of carbonyl (C=O) groups excluding carboxylic acids is 1. The largest absolute Gasteiger partial charge is 0.336 e. The first-order valence-corrected chi connectivity index (χ1v) is 3.83. The standard InChI is InChI=1S/C7H17N3O/c1-5(2)9-7(11)10-6(3)4-8/h5-6H,4,8H2,1-3H3,(H2,9,10,11)/t6-/m1/s1. The van der Waals surface area contributed by atoms with Gasteiger partial charge in [-0.25, -0.2) is 4.79 Å². The first kappa shape index (κ1) is 10.2. The predicted molar refractivity (Wildman–Crippen MR) is 45.3 cm³/mol. The Kier molecular flexibility index (Phi) is 4.61. The fraction of sp³-hybridized carbons (Fsp3) is 0.857. The lowest BCUT2D eigenvalue weighted by molar-refractivity contribution is 0.235. The van der Waals surface area contributed by atoms with Crippen molar-refractivity contribution in [1.82, 2.24) is 10.6 Å². The van der Waals surface area contributed by atoms with Gasteiger partial charge in [-0.3, -0.25) is 0 Å². The van der Waals surface area contributed by atoms with E-state index >= 15 is 0 Å². The van der Waals surface area contributed by atoms with Gasteiger partial charge in [-0.2, -0.15) is 0 Å². The van der Waals surface area contributed by atoms with Gasteiger partial charge < -0.3 is 16.4 Å². The molecule has 4 N–H and O–H groups in total. The Labute approximate surface area is 67.5 Å². The number of nitrogens with two attached hydrogens (primary N) is 1. The lowest BCUT2D eigenvalue weighted by atomic mass is 10.3. The Morgan fingerprint density at radius 3 is 2.27 bits per heavy atom. The number of urea groups is 1. The lowest BCUT2D eigenvalue weighted by Crippen LogP contribution is -2.46. The van der Waals surface area contributed by atoms with Gasteiger partial charge >= 0.3 is 6.03 Å². The molecule has 0 aromatic heterocycles. The van der Waals surface area contributed by atoms with Gasteiger partial charge in [0.05, 0.1) is 0 Å². The zero-order valence-corrected chi connectivity index (χ0v) is 7.35. The normalized spacial score (nSPS) is 12.8. The maximum absolute atomic E-state index is 10.9. The van der Waals surface area contributed by atoms with Crippen LogP contribution in [0.15, 0.2) is 0 Å². The van der Waals surface area contributed by atoms with Crippen LogP contribution in [0.2, 0.25) is 0 Å². The molecule has 0 aliphatic heterocycles. The van der Waals surface area contributed by atoms with Gasteiger partial charge in [-0.15, -0.1) is 0 Å². The van der Waals surface area contributed by atoms with Crippen molar-refractivity contribution in [3.8, 4) is 0 Å². The summed E-state index contributed by atoms with van der Waals surface area (Å²) >= 11 is 0. The molecule has 0 saturated heterocycles. The maximum atomic E-state index is 10.9. The summed E-state index contributed by atoms with van der Waals surface area (Å²) in [5, 5.41) is 5.39. The van der Waals surface area contributed by atoms with E-state index in [4.69, 9.17) is 5.73 Å². The first-order chi connectivity index (χ1) is 5.06. The Morgan fingerprint density at radius 2 is 1.91 bits per heavy atom. The predicted octanol–water partition coefficient (Wildman–Crippen LogP) is 0.0412. The highest BCUT2D eigenvalue weighted by Gasteiger charge is 2.04. The quantitative estimate of drug-likeness (QED) is 0.544. The van der Waals surface area contributed by atoms with Gasteiger partial charge in [0.2, 0.25) is 0 Å². The third-order valence-electron chi connectivity index (χ3n) is 1.15. The highest BCUT2D eigenvalue weighted by molar-refractivity contribution is 5.74. The molecule has 4 heteroatoms. The topological polar surface area (TPSA) is 67.2 Å². The maximum Gasteiger partial charge on any atom is 0.315 e. The van der Waals surface area contributed by atoms with Crippen molar-refractivity contribution in [3.05, 3.63) is 0 Å². The van der Waals surface area contributed by atoms with E-state index in [1.54, 1.807) is 0 Å². The number of hydrogen-bond acceptors (Lipinski definition) is 2. The summed E-state index contributed by atoms with van der Waals surface area (Å²) in [6.45, 7) is 6.14. The fourth-order valence-electron chi connectivity index (χ4n) is 0.587. The molecule has 0 aliphatic carbocycles.